The van der Waals surface area contributed by atoms with Gasteiger partial charge in [-0.1, -0.05) is 25.7 Å². The fourth-order valence-corrected chi connectivity index (χ4v) is 3.94. The lowest BCUT2D eigenvalue weighted by Crippen LogP contribution is -1.99. The number of thiazole rings is 1. The van der Waals surface area contributed by atoms with Crippen LogP contribution < -0.4 is 0 Å². The number of hydrogen-bond acceptors (Lipinski definition) is 2. The third-order valence-corrected chi connectivity index (χ3v) is 4.49. The lowest BCUT2D eigenvalue weighted by Gasteiger charge is -2.11. The van der Waals surface area contributed by atoms with E-state index in [1.165, 1.54) is 49.1 Å². The van der Waals surface area contributed by atoms with Crippen molar-refractivity contribution >= 4 is 27.3 Å². The predicted octanol–water partition coefficient (Wildman–Crippen LogP) is 4.65. The summed E-state index contributed by atoms with van der Waals surface area (Å²) in [4.78, 5) is 6.02. The fraction of sp³-hybridized carbons (Fsp3) is 0.727. The average molecular weight is 274 g/mol. The molecule has 14 heavy (non-hydrogen) atoms. The molecule has 1 heterocycles. The SMILES string of the molecule is Cc1sc(Br)nc1C1CCCCCC1. The van der Waals surface area contributed by atoms with Crippen molar-refractivity contribution in [1.82, 2.24) is 4.98 Å². The van der Waals surface area contributed by atoms with E-state index < -0.39 is 0 Å². The van der Waals surface area contributed by atoms with Crippen LogP contribution in [-0.2, 0) is 0 Å². The third-order valence-electron chi connectivity index (χ3n) is 3.05. The zero-order valence-corrected chi connectivity index (χ0v) is 11.0. The van der Waals surface area contributed by atoms with E-state index in [0.29, 0.717) is 0 Å². The second-order valence-electron chi connectivity index (χ2n) is 4.10. The lowest BCUT2D eigenvalue weighted by atomic mass is 9.96. The second kappa shape index (κ2) is 4.75. The molecule has 3 heteroatoms. The van der Waals surface area contributed by atoms with E-state index in [1.807, 2.05) is 0 Å². The van der Waals surface area contributed by atoms with Gasteiger partial charge in [-0.15, -0.1) is 11.3 Å². The van der Waals surface area contributed by atoms with Gasteiger partial charge in [-0.25, -0.2) is 4.98 Å². The topological polar surface area (TPSA) is 12.9 Å². The van der Waals surface area contributed by atoms with Crippen LogP contribution in [0.1, 0.15) is 55.0 Å². The third kappa shape index (κ3) is 2.37. The maximum absolute atomic E-state index is 4.61. The molecular weight excluding hydrogens is 258 g/mol. The van der Waals surface area contributed by atoms with Crippen LogP contribution in [0.15, 0.2) is 3.92 Å². The summed E-state index contributed by atoms with van der Waals surface area (Å²) in [5, 5.41) is 0. The van der Waals surface area contributed by atoms with E-state index in [9.17, 15) is 0 Å². The van der Waals surface area contributed by atoms with Crippen LogP contribution >= 0.6 is 27.3 Å². The van der Waals surface area contributed by atoms with Crippen molar-refractivity contribution in [3.63, 3.8) is 0 Å². The molecule has 1 aromatic rings. The van der Waals surface area contributed by atoms with Crippen molar-refractivity contribution in [3.05, 3.63) is 14.5 Å². The van der Waals surface area contributed by atoms with Crippen molar-refractivity contribution in [2.24, 2.45) is 0 Å². The van der Waals surface area contributed by atoms with Crippen LogP contribution in [0, 0.1) is 6.92 Å². The summed E-state index contributed by atoms with van der Waals surface area (Å²) in [6.45, 7) is 2.20. The molecular formula is C11H16BrNS. The van der Waals surface area contributed by atoms with Gasteiger partial charge in [0.2, 0.25) is 0 Å². The molecule has 0 radical (unpaired) electrons. The summed E-state index contributed by atoms with van der Waals surface area (Å²) >= 11 is 5.25. The molecule has 0 N–H and O–H groups in total. The number of nitrogens with zero attached hydrogens (tertiary/aromatic N) is 1. The van der Waals surface area contributed by atoms with Gasteiger partial charge in [0, 0.05) is 10.8 Å². The molecule has 2 rings (SSSR count). The standard InChI is InChI=1S/C11H16BrNS/c1-8-10(13-11(12)14-8)9-6-4-2-3-5-7-9/h9H,2-7H2,1H3. The van der Waals surface area contributed by atoms with Gasteiger partial charge in [-0.2, -0.15) is 0 Å². The summed E-state index contributed by atoms with van der Waals surface area (Å²) in [5.41, 5.74) is 1.36. The first-order chi connectivity index (χ1) is 6.77. The van der Waals surface area contributed by atoms with Gasteiger partial charge >= 0.3 is 0 Å². The first-order valence-electron chi connectivity index (χ1n) is 5.40. The Bertz CT molecular complexity index is 300. The van der Waals surface area contributed by atoms with E-state index in [-0.39, 0.29) is 0 Å². The van der Waals surface area contributed by atoms with Crippen LogP contribution in [-0.4, -0.2) is 4.98 Å². The van der Waals surface area contributed by atoms with Gasteiger partial charge in [0.05, 0.1) is 5.69 Å². The average Bonchev–Trinajstić information content (AvgIpc) is 2.43. The Labute approximate surface area is 98.1 Å². The number of rotatable bonds is 1. The Morgan fingerprint density at radius 1 is 1.21 bits per heavy atom. The molecule has 0 aliphatic heterocycles. The Balaban J connectivity index is 2.15. The Kier molecular flexibility index (Phi) is 3.61. The van der Waals surface area contributed by atoms with Gasteiger partial charge in [0.25, 0.3) is 0 Å². The summed E-state index contributed by atoms with van der Waals surface area (Å²) < 4.78 is 1.05. The largest absolute Gasteiger partial charge is 0.234 e. The molecule has 78 valence electrons. The van der Waals surface area contributed by atoms with Crippen molar-refractivity contribution in [1.29, 1.82) is 0 Å². The predicted molar refractivity (Wildman–Crippen MR) is 65.0 cm³/mol. The highest BCUT2D eigenvalue weighted by Crippen LogP contribution is 2.35. The molecule has 0 amide bonds. The molecule has 1 saturated carbocycles. The van der Waals surface area contributed by atoms with E-state index in [0.717, 1.165) is 9.83 Å². The maximum Gasteiger partial charge on any atom is 0.159 e. The zero-order chi connectivity index (χ0) is 9.97. The van der Waals surface area contributed by atoms with Gasteiger partial charge in [-0.05, 0) is 35.7 Å². The molecule has 0 bridgehead atoms. The maximum atomic E-state index is 4.61. The molecule has 0 unspecified atom stereocenters. The number of halogens is 1. The molecule has 1 aromatic heterocycles. The first-order valence-corrected chi connectivity index (χ1v) is 7.01. The number of hydrogen-bond donors (Lipinski definition) is 0. The Hall–Kier alpha value is 0.110. The summed E-state index contributed by atoms with van der Waals surface area (Å²) in [7, 11) is 0. The van der Waals surface area contributed by atoms with Gasteiger partial charge < -0.3 is 0 Å². The van der Waals surface area contributed by atoms with Crippen LogP contribution in [0.5, 0.6) is 0 Å². The van der Waals surface area contributed by atoms with Crippen molar-refractivity contribution in [2.45, 2.75) is 51.4 Å². The molecule has 0 spiro atoms. The quantitative estimate of drug-likeness (QED) is 0.679. The van der Waals surface area contributed by atoms with Crippen molar-refractivity contribution in [3.8, 4) is 0 Å². The van der Waals surface area contributed by atoms with Crippen LogP contribution in [0.2, 0.25) is 0 Å². The van der Waals surface area contributed by atoms with E-state index in [2.05, 4.69) is 27.8 Å². The van der Waals surface area contributed by atoms with E-state index in [1.54, 1.807) is 11.3 Å². The minimum atomic E-state index is 0.736. The van der Waals surface area contributed by atoms with Gasteiger partial charge in [-0.3, -0.25) is 0 Å². The monoisotopic (exact) mass is 273 g/mol. The molecule has 0 aromatic carbocycles. The summed E-state index contributed by atoms with van der Waals surface area (Å²) in [6, 6.07) is 0. The highest BCUT2D eigenvalue weighted by Gasteiger charge is 2.19. The first kappa shape index (κ1) is 10.6. The normalized spacial score (nSPS) is 19.6. The summed E-state index contributed by atoms with van der Waals surface area (Å²) in [6.07, 6.45) is 8.30. The van der Waals surface area contributed by atoms with E-state index >= 15 is 0 Å². The van der Waals surface area contributed by atoms with E-state index in [4.69, 9.17) is 0 Å². The minimum Gasteiger partial charge on any atom is -0.234 e. The smallest absolute Gasteiger partial charge is 0.159 e. The van der Waals surface area contributed by atoms with Crippen LogP contribution in [0.3, 0.4) is 0 Å². The van der Waals surface area contributed by atoms with Gasteiger partial charge in [0.1, 0.15) is 0 Å². The van der Waals surface area contributed by atoms with Crippen molar-refractivity contribution in [2.75, 3.05) is 0 Å². The highest BCUT2D eigenvalue weighted by atomic mass is 79.9. The fourth-order valence-electron chi connectivity index (χ4n) is 2.31. The molecule has 1 nitrogen and oxygen atoms in total. The highest BCUT2D eigenvalue weighted by molar-refractivity contribution is 9.11. The molecule has 1 aliphatic rings. The Morgan fingerprint density at radius 2 is 1.86 bits per heavy atom. The number of aromatic nitrogens is 1. The summed E-state index contributed by atoms with van der Waals surface area (Å²) in [5.74, 6) is 0.736. The molecule has 1 fully saturated rings. The van der Waals surface area contributed by atoms with Crippen molar-refractivity contribution < 1.29 is 0 Å². The van der Waals surface area contributed by atoms with Gasteiger partial charge in [0.15, 0.2) is 3.92 Å². The lowest BCUT2D eigenvalue weighted by molar-refractivity contribution is 0.577. The zero-order valence-electron chi connectivity index (χ0n) is 8.55. The second-order valence-corrected chi connectivity index (χ2v) is 6.58. The minimum absolute atomic E-state index is 0.736. The van der Waals surface area contributed by atoms with Crippen LogP contribution in [0.25, 0.3) is 0 Å². The molecule has 0 atom stereocenters. The molecule has 1 aliphatic carbocycles. The van der Waals surface area contributed by atoms with Crippen LogP contribution in [0.4, 0.5) is 0 Å². The number of aryl methyl sites for hydroxylation is 1. The Morgan fingerprint density at radius 3 is 2.36 bits per heavy atom. The molecule has 0 saturated heterocycles.